The number of carbonyl (C=O) groups excluding carboxylic acids is 1. The highest BCUT2D eigenvalue weighted by Gasteiger charge is 2.19. The van der Waals surface area contributed by atoms with Crippen molar-refractivity contribution in [2.24, 2.45) is 0 Å². The van der Waals surface area contributed by atoms with Crippen LogP contribution in [0.25, 0.3) is 11.1 Å². The van der Waals surface area contributed by atoms with E-state index in [1.54, 1.807) is 13.2 Å². The van der Waals surface area contributed by atoms with Gasteiger partial charge in [-0.1, -0.05) is 30.3 Å². The Hall–Kier alpha value is -3.19. The van der Waals surface area contributed by atoms with Gasteiger partial charge in [-0.3, -0.25) is 4.79 Å². The highest BCUT2D eigenvalue weighted by Crippen LogP contribution is 2.30. The fourth-order valence-electron chi connectivity index (χ4n) is 4.35. The average molecular weight is 475 g/mol. The first kappa shape index (κ1) is 24.9. The van der Waals surface area contributed by atoms with Crippen LogP contribution in [-0.4, -0.2) is 51.8 Å². The number of carbonyl (C=O) groups is 1. The van der Waals surface area contributed by atoms with Crippen LogP contribution in [0.2, 0.25) is 0 Å². The second-order valence-electron chi connectivity index (χ2n) is 9.11. The van der Waals surface area contributed by atoms with E-state index in [4.69, 9.17) is 14.2 Å². The first-order valence-electron chi connectivity index (χ1n) is 12.0. The zero-order chi connectivity index (χ0) is 24.8. The van der Waals surface area contributed by atoms with E-state index in [1.165, 1.54) is 0 Å². The van der Waals surface area contributed by atoms with Crippen LogP contribution in [-0.2, 0) is 15.9 Å². The first-order valence-corrected chi connectivity index (χ1v) is 12.0. The quantitative estimate of drug-likeness (QED) is 0.446. The zero-order valence-corrected chi connectivity index (χ0v) is 21.0. The topological polar surface area (TPSA) is 60.0 Å². The van der Waals surface area contributed by atoms with Crippen LogP contribution in [0, 0.1) is 6.92 Å². The fourth-order valence-corrected chi connectivity index (χ4v) is 4.35. The van der Waals surface area contributed by atoms with Crippen molar-refractivity contribution in [1.29, 1.82) is 0 Å². The number of rotatable bonds is 9. The van der Waals surface area contributed by atoms with E-state index in [-0.39, 0.29) is 12.2 Å². The lowest BCUT2D eigenvalue weighted by Gasteiger charge is -2.14. The Labute approximate surface area is 207 Å². The lowest BCUT2D eigenvalue weighted by atomic mass is 9.98. The van der Waals surface area contributed by atoms with E-state index in [9.17, 15) is 4.79 Å². The molecule has 1 N–H and O–H groups in total. The van der Waals surface area contributed by atoms with Gasteiger partial charge in [0.25, 0.3) is 5.91 Å². The van der Waals surface area contributed by atoms with Crippen LogP contribution in [0.1, 0.15) is 39.8 Å². The second-order valence-corrected chi connectivity index (χ2v) is 9.11. The molecule has 1 saturated heterocycles. The minimum atomic E-state index is -0.271. The van der Waals surface area contributed by atoms with E-state index in [0.717, 1.165) is 58.6 Å². The third kappa shape index (κ3) is 6.28. The van der Waals surface area contributed by atoms with Gasteiger partial charge in [-0.15, -0.1) is 0 Å². The van der Waals surface area contributed by atoms with Crippen molar-refractivity contribution in [3.05, 3.63) is 82.9 Å². The number of methoxy groups -OCH3 is 1. The molecule has 1 aliphatic heterocycles. The molecule has 0 radical (unpaired) electrons. The highest BCUT2D eigenvalue weighted by atomic mass is 16.7. The van der Waals surface area contributed by atoms with Crippen molar-refractivity contribution in [2.45, 2.75) is 26.1 Å². The van der Waals surface area contributed by atoms with Crippen molar-refractivity contribution < 1.29 is 19.0 Å². The lowest BCUT2D eigenvalue weighted by Crippen LogP contribution is -2.14. The van der Waals surface area contributed by atoms with Crippen molar-refractivity contribution in [3.63, 3.8) is 0 Å². The molecule has 6 nitrogen and oxygen atoms in total. The number of nitrogens with zero attached hydrogens (tertiary/aromatic N) is 1. The summed E-state index contributed by atoms with van der Waals surface area (Å²) in [5, 5.41) is 3.02. The second kappa shape index (κ2) is 11.5. The molecule has 1 heterocycles. The van der Waals surface area contributed by atoms with Gasteiger partial charge in [-0.25, -0.2) is 0 Å². The van der Waals surface area contributed by atoms with Gasteiger partial charge in [0.1, 0.15) is 5.75 Å². The molecule has 6 heteroatoms. The molecule has 1 fully saturated rings. The lowest BCUT2D eigenvalue weighted by molar-refractivity contribution is -0.0441. The molecule has 0 bridgehead atoms. The number of hydrogen-bond donors (Lipinski definition) is 1. The maximum atomic E-state index is 12.9. The Morgan fingerprint density at radius 1 is 1.03 bits per heavy atom. The number of hydrogen-bond acceptors (Lipinski definition) is 5. The van der Waals surface area contributed by atoms with Gasteiger partial charge in [-0.2, -0.15) is 0 Å². The molecule has 35 heavy (non-hydrogen) atoms. The smallest absolute Gasteiger partial charge is 0.255 e. The molecule has 3 aromatic rings. The Morgan fingerprint density at radius 2 is 1.77 bits per heavy atom. The fraction of sp³-hybridized carbons (Fsp3) is 0.345. The monoisotopic (exact) mass is 474 g/mol. The molecule has 0 atom stereocenters. The van der Waals surface area contributed by atoms with E-state index >= 15 is 0 Å². The predicted octanol–water partition coefficient (Wildman–Crippen LogP) is 5.46. The van der Waals surface area contributed by atoms with Crippen LogP contribution in [0.4, 0.5) is 5.69 Å². The van der Waals surface area contributed by atoms with Crippen molar-refractivity contribution in [3.8, 4) is 16.9 Å². The van der Waals surface area contributed by atoms with Crippen LogP contribution in [0.5, 0.6) is 5.75 Å². The summed E-state index contributed by atoms with van der Waals surface area (Å²) >= 11 is 0. The molecule has 184 valence electrons. The minimum absolute atomic E-state index is 0.133. The molecule has 3 aromatic carbocycles. The average Bonchev–Trinajstić information content (AvgIpc) is 3.39. The van der Waals surface area contributed by atoms with E-state index < -0.39 is 0 Å². The molecular formula is C29H34N2O4. The Bertz CT molecular complexity index is 1150. The van der Waals surface area contributed by atoms with Crippen LogP contribution < -0.4 is 10.1 Å². The number of ether oxygens (including phenoxy) is 3. The molecule has 4 rings (SSSR count). The third-order valence-corrected chi connectivity index (χ3v) is 6.19. The zero-order valence-electron chi connectivity index (χ0n) is 21.0. The van der Waals surface area contributed by atoms with Crippen LogP contribution in [0.15, 0.2) is 60.7 Å². The van der Waals surface area contributed by atoms with Gasteiger partial charge >= 0.3 is 0 Å². The summed E-state index contributed by atoms with van der Waals surface area (Å²) in [4.78, 5) is 15.1. The summed E-state index contributed by atoms with van der Waals surface area (Å²) in [6.07, 6.45) is 1.58. The van der Waals surface area contributed by atoms with Gasteiger partial charge < -0.3 is 24.4 Å². The van der Waals surface area contributed by atoms with Crippen LogP contribution in [0.3, 0.4) is 0 Å². The summed E-state index contributed by atoms with van der Waals surface area (Å²) in [6, 6.07) is 19.8. The summed E-state index contributed by atoms with van der Waals surface area (Å²) in [6.45, 7) is 4.33. The standard InChI is InChI=1S/C29H34N2O4/c1-20-18-24(29-34-16-17-35-29)9-13-26(20)21-7-11-25(12-8-21)30-28(32)23-10-14-27(33-4)22(19-23)6-5-15-31(2)3/h7-14,18-19,29H,5-6,15-17H2,1-4H3,(H,30,32). The molecule has 0 unspecified atom stereocenters. The Balaban J connectivity index is 1.43. The summed E-state index contributed by atoms with van der Waals surface area (Å²) in [7, 11) is 5.78. The van der Waals surface area contributed by atoms with Crippen molar-refractivity contribution >= 4 is 11.6 Å². The molecule has 1 amide bonds. The number of aryl methyl sites for hydroxylation is 2. The van der Waals surface area contributed by atoms with Crippen molar-refractivity contribution in [1.82, 2.24) is 4.90 Å². The number of amides is 1. The Morgan fingerprint density at radius 3 is 2.43 bits per heavy atom. The molecule has 0 aliphatic carbocycles. The van der Waals surface area contributed by atoms with Gasteiger partial charge in [-0.05, 0) is 93.0 Å². The number of nitrogens with one attached hydrogen (secondary N) is 1. The third-order valence-electron chi connectivity index (χ3n) is 6.19. The maximum Gasteiger partial charge on any atom is 0.255 e. The van der Waals surface area contributed by atoms with Gasteiger partial charge in [0, 0.05) is 16.8 Å². The number of anilines is 1. The largest absolute Gasteiger partial charge is 0.496 e. The first-order chi connectivity index (χ1) is 16.9. The molecule has 0 saturated carbocycles. The Kier molecular flexibility index (Phi) is 8.18. The minimum Gasteiger partial charge on any atom is -0.496 e. The molecular weight excluding hydrogens is 440 g/mol. The summed E-state index contributed by atoms with van der Waals surface area (Å²) < 4.78 is 16.7. The summed E-state index contributed by atoms with van der Waals surface area (Å²) in [5.74, 6) is 0.684. The van der Waals surface area contributed by atoms with E-state index in [0.29, 0.717) is 18.8 Å². The van der Waals surface area contributed by atoms with E-state index in [2.05, 4.69) is 43.4 Å². The van der Waals surface area contributed by atoms with E-state index in [1.807, 2.05) is 42.5 Å². The normalized spacial score (nSPS) is 13.9. The van der Waals surface area contributed by atoms with Gasteiger partial charge in [0.05, 0.1) is 20.3 Å². The SMILES string of the molecule is COc1ccc(C(=O)Nc2ccc(-c3ccc(C4OCCO4)cc3C)cc2)cc1CCCN(C)C. The van der Waals surface area contributed by atoms with Crippen molar-refractivity contribution in [2.75, 3.05) is 46.3 Å². The number of benzene rings is 3. The summed E-state index contributed by atoms with van der Waals surface area (Å²) in [5.41, 5.74) is 6.84. The van der Waals surface area contributed by atoms with Gasteiger partial charge in [0.15, 0.2) is 6.29 Å². The van der Waals surface area contributed by atoms with Gasteiger partial charge in [0.2, 0.25) is 0 Å². The maximum absolute atomic E-state index is 12.9. The highest BCUT2D eigenvalue weighted by molar-refractivity contribution is 6.04. The van der Waals surface area contributed by atoms with Crippen LogP contribution >= 0.6 is 0 Å². The molecule has 0 spiro atoms. The molecule has 0 aromatic heterocycles. The molecule has 1 aliphatic rings. The predicted molar refractivity (Wildman–Crippen MR) is 139 cm³/mol.